The quantitative estimate of drug-likeness (QED) is 0.717. The van der Waals surface area contributed by atoms with Gasteiger partial charge in [0.05, 0.1) is 11.5 Å². The van der Waals surface area contributed by atoms with E-state index < -0.39 is 11.4 Å². The van der Waals surface area contributed by atoms with Crippen molar-refractivity contribution < 1.29 is 14.7 Å². The maximum atomic E-state index is 12.3. The molecule has 0 aromatic rings. The zero-order valence-electron chi connectivity index (χ0n) is 11.7. The van der Waals surface area contributed by atoms with E-state index in [1.807, 2.05) is 0 Å². The molecule has 1 aliphatic heterocycles. The van der Waals surface area contributed by atoms with Crippen molar-refractivity contribution in [1.29, 1.82) is 0 Å². The lowest BCUT2D eigenvalue weighted by molar-refractivity contribution is -0.152. The second-order valence-corrected chi connectivity index (χ2v) is 6.23. The third kappa shape index (κ3) is 2.76. The van der Waals surface area contributed by atoms with E-state index in [1.54, 1.807) is 6.92 Å². The van der Waals surface area contributed by atoms with Gasteiger partial charge >= 0.3 is 5.97 Å². The largest absolute Gasteiger partial charge is 0.481 e. The first-order chi connectivity index (χ1) is 8.95. The number of carboxylic acid groups (broad SMARTS) is 1. The van der Waals surface area contributed by atoms with Crippen LogP contribution in [0.25, 0.3) is 0 Å². The average molecular weight is 268 g/mol. The fourth-order valence-electron chi connectivity index (χ4n) is 3.27. The highest BCUT2D eigenvalue weighted by Gasteiger charge is 2.44. The molecule has 108 valence electrons. The summed E-state index contributed by atoms with van der Waals surface area (Å²) in [5.41, 5.74) is -0.824. The van der Waals surface area contributed by atoms with Crippen LogP contribution >= 0.6 is 0 Å². The summed E-state index contributed by atoms with van der Waals surface area (Å²) in [5, 5.41) is 15.6. The number of aliphatic carboxylic acids is 1. The molecule has 2 fully saturated rings. The Morgan fingerprint density at radius 3 is 2.63 bits per heavy atom. The Bertz CT molecular complexity index is 372. The summed E-state index contributed by atoms with van der Waals surface area (Å²) in [6.07, 6.45) is 4.31. The van der Waals surface area contributed by atoms with Gasteiger partial charge in [-0.2, -0.15) is 0 Å². The Labute approximate surface area is 114 Å². The molecule has 19 heavy (non-hydrogen) atoms. The van der Waals surface area contributed by atoms with Crippen molar-refractivity contribution in [1.82, 2.24) is 10.6 Å². The van der Waals surface area contributed by atoms with Gasteiger partial charge in [-0.3, -0.25) is 9.59 Å². The highest BCUT2D eigenvalue weighted by molar-refractivity contribution is 5.84. The van der Waals surface area contributed by atoms with E-state index in [0.717, 1.165) is 32.2 Å². The third-order valence-electron chi connectivity index (χ3n) is 4.83. The van der Waals surface area contributed by atoms with Gasteiger partial charge in [0, 0.05) is 6.04 Å². The van der Waals surface area contributed by atoms with E-state index in [0.29, 0.717) is 12.3 Å². The van der Waals surface area contributed by atoms with Crippen molar-refractivity contribution in [3.63, 3.8) is 0 Å². The van der Waals surface area contributed by atoms with Crippen LogP contribution in [0.5, 0.6) is 0 Å². The summed E-state index contributed by atoms with van der Waals surface area (Å²) in [7, 11) is 0. The van der Waals surface area contributed by atoms with Gasteiger partial charge in [-0.05, 0) is 38.6 Å². The molecule has 0 aromatic heterocycles. The average Bonchev–Trinajstić information content (AvgIpc) is 2.78. The SMILES string of the molecule is CC1CCNC1C(=O)NC1CCCCC1(C)C(=O)O. The van der Waals surface area contributed by atoms with Crippen LogP contribution in [0.3, 0.4) is 0 Å². The van der Waals surface area contributed by atoms with Crippen molar-refractivity contribution in [2.24, 2.45) is 11.3 Å². The Morgan fingerprint density at radius 1 is 1.32 bits per heavy atom. The van der Waals surface area contributed by atoms with E-state index in [1.165, 1.54) is 0 Å². The van der Waals surface area contributed by atoms with Gasteiger partial charge in [0.15, 0.2) is 0 Å². The number of carboxylic acids is 1. The smallest absolute Gasteiger partial charge is 0.311 e. The lowest BCUT2D eigenvalue weighted by Gasteiger charge is -2.39. The minimum Gasteiger partial charge on any atom is -0.481 e. The van der Waals surface area contributed by atoms with Crippen molar-refractivity contribution in [3.8, 4) is 0 Å². The van der Waals surface area contributed by atoms with Gasteiger partial charge in [0.25, 0.3) is 0 Å². The molecule has 5 nitrogen and oxygen atoms in total. The zero-order chi connectivity index (χ0) is 14.0. The maximum absolute atomic E-state index is 12.3. The molecule has 1 aliphatic carbocycles. The summed E-state index contributed by atoms with van der Waals surface area (Å²) >= 11 is 0. The molecule has 1 heterocycles. The second kappa shape index (κ2) is 5.49. The molecule has 0 spiro atoms. The van der Waals surface area contributed by atoms with Crippen LogP contribution in [0.1, 0.15) is 46.0 Å². The summed E-state index contributed by atoms with van der Waals surface area (Å²) in [4.78, 5) is 23.8. The molecule has 4 atom stereocenters. The minimum absolute atomic E-state index is 0.0376. The first-order valence-electron chi connectivity index (χ1n) is 7.22. The lowest BCUT2D eigenvalue weighted by Crippen LogP contribution is -2.56. The maximum Gasteiger partial charge on any atom is 0.311 e. The Hall–Kier alpha value is -1.10. The van der Waals surface area contributed by atoms with E-state index >= 15 is 0 Å². The van der Waals surface area contributed by atoms with E-state index in [4.69, 9.17) is 0 Å². The van der Waals surface area contributed by atoms with E-state index in [9.17, 15) is 14.7 Å². The van der Waals surface area contributed by atoms with Crippen LogP contribution in [0, 0.1) is 11.3 Å². The normalized spacial score (nSPS) is 38.9. The van der Waals surface area contributed by atoms with Crippen molar-refractivity contribution in [2.45, 2.75) is 58.0 Å². The van der Waals surface area contributed by atoms with Gasteiger partial charge in [-0.15, -0.1) is 0 Å². The van der Waals surface area contributed by atoms with E-state index in [2.05, 4.69) is 17.6 Å². The summed E-state index contributed by atoms with van der Waals surface area (Å²) in [6.45, 7) is 4.67. The number of hydrogen-bond acceptors (Lipinski definition) is 3. The molecule has 1 amide bonds. The number of rotatable bonds is 3. The van der Waals surface area contributed by atoms with Gasteiger partial charge in [-0.1, -0.05) is 19.8 Å². The van der Waals surface area contributed by atoms with Gasteiger partial charge in [0.2, 0.25) is 5.91 Å². The molecule has 0 radical (unpaired) electrons. The molecule has 3 N–H and O–H groups in total. The van der Waals surface area contributed by atoms with Gasteiger partial charge < -0.3 is 15.7 Å². The second-order valence-electron chi connectivity index (χ2n) is 6.23. The fourth-order valence-corrected chi connectivity index (χ4v) is 3.27. The first-order valence-corrected chi connectivity index (χ1v) is 7.22. The number of carbonyl (C=O) groups is 2. The Balaban J connectivity index is 2.03. The highest BCUT2D eigenvalue weighted by Crippen LogP contribution is 2.36. The minimum atomic E-state index is -0.824. The topological polar surface area (TPSA) is 78.4 Å². The number of carbonyl (C=O) groups excluding carboxylic acids is 1. The molecular formula is C14H24N2O3. The predicted molar refractivity (Wildman–Crippen MR) is 71.7 cm³/mol. The summed E-state index contributed by atoms with van der Waals surface area (Å²) in [5.74, 6) is -0.519. The molecule has 0 aromatic carbocycles. The summed E-state index contributed by atoms with van der Waals surface area (Å²) in [6, 6.07) is -0.416. The molecular weight excluding hydrogens is 244 g/mol. The Kier molecular flexibility index (Phi) is 4.13. The van der Waals surface area contributed by atoms with Crippen LogP contribution in [-0.4, -0.2) is 35.6 Å². The standard InChI is InChI=1S/C14H24N2O3/c1-9-6-8-15-11(9)12(17)16-10-5-3-4-7-14(10,2)13(18)19/h9-11,15H,3-8H2,1-2H3,(H,16,17)(H,18,19). The molecule has 2 aliphatic rings. The monoisotopic (exact) mass is 268 g/mol. The first kappa shape index (κ1) is 14.3. The van der Waals surface area contributed by atoms with Crippen LogP contribution in [0.15, 0.2) is 0 Å². The molecule has 5 heteroatoms. The number of hydrogen-bond donors (Lipinski definition) is 3. The molecule has 1 saturated heterocycles. The fraction of sp³-hybridized carbons (Fsp3) is 0.857. The molecule has 1 saturated carbocycles. The number of nitrogens with one attached hydrogen (secondary N) is 2. The number of amides is 1. The van der Waals surface area contributed by atoms with Crippen molar-refractivity contribution in [2.75, 3.05) is 6.54 Å². The van der Waals surface area contributed by atoms with Crippen LogP contribution < -0.4 is 10.6 Å². The van der Waals surface area contributed by atoms with Crippen LogP contribution in [0.4, 0.5) is 0 Å². The zero-order valence-corrected chi connectivity index (χ0v) is 11.7. The van der Waals surface area contributed by atoms with Crippen LogP contribution in [0.2, 0.25) is 0 Å². The highest BCUT2D eigenvalue weighted by atomic mass is 16.4. The van der Waals surface area contributed by atoms with E-state index in [-0.39, 0.29) is 18.0 Å². The molecule has 2 rings (SSSR count). The molecule has 0 bridgehead atoms. The lowest BCUT2D eigenvalue weighted by atomic mass is 9.71. The van der Waals surface area contributed by atoms with Crippen LogP contribution in [-0.2, 0) is 9.59 Å². The molecule has 4 unspecified atom stereocenters. The summed E-state index contributed by atoms with van der Waals surface area (Å²) < 4.78 is 0. The van der Waals surface area contributed by atoms with Gasteiger partial charge in [0.1, 0.15) is 0 Å². The Morgan fingerprint density at radius 2 is 2.05 bits per heavy atom. The third-order valence-corrected chi connectivity index (χ3v) is 4.83. The van der Waals surface area contributed by atoms with Gasteiger partial charge in [-0.25, -0.2) is 0 Å². The predicted octanol–water partition coefficient (Wildman–Crippen LogP) is 1.13. The van der Waals surface area contributed by atoms with Crippen molar-refractivity contribution >= 4 is 11.9 Å². The van der Waals surface area contributed by atoms with Crippen molar-refractivity contribution in [3.05, 3.63) is 0 Å².